The van der Waals surface area contributed by atoms with Crippen LogP contribution >= 0.6 is 0 Å². The van der Waals surface area contributed by atoms with E-state index in [1.54, 1.807) is 0 Å². The third kappa shape index (κ3) is 3.92. The van der Waals surface area contributed by atoms with Gasteiger partial charge in [0.2, 0.25) is 5.91 Å². The molecule has 2 unspecified atom stereocenters. The van der Waals surface area contributed by atoms with E-state index in [2.05, 4.69) is 34.5 Å². The van der Waals surface area contributed by atoms with E-state index >= 15 is 0 Å². The van der Waals surface area contributed by atoms with Crippen LogP contribution in [0.4, 0.5) is 0 Å². The van der Waals surface area contributed by atoms with E-state index in [1.165, 1.54) is 62.5 Å². The van der Waals surface area contributed by atoms with Crippen LogP contribution in [-0.4, -0.2) is 29.9 Å². The maximum Gasteiger partial charge on any atom is 0.224 e. The molecule has 25 heavy (non-hydrogen) atoms. The number of rotatable bonds is 3. The number of amides is 1. The van der Waals surface area contributed by atoms with E-state index in [-0.39, 0.29) is 5.92 Å². The summed E-state index contributed by atoms with van der Waals surface area (Å²) >= 11 is 0. The Morgan fingerprint density at radius 3 is 2.68 bits per heavy atom. The molecule has 0 aromatic heterocycles. The molecule has 1 aromatic carbocycles. The number of fused-ring (bicyclic) bond motifs is 1. The molecule has 136 valence electrons. The van der Waals surface area contributed by atoms with E-state index < -0.39 is 0 Å². The summed E-state index contributed by atoms with van der Waals surface area (Å²) < 4.78 is 0. The number of carbonyl (C=O) groups is 1. The van der Waals surface area contributed by atoms with E-state index in [4.69, 9.17) is 0 Å². The van der Waals surface area contributed by atoms with E-state index in [1.807, 2.05) is 0 Å². The van der Waals surface area contributed by atoms with E-state index in [0.717, 1.165) is 25.9 Å². The summed E-state index contributed by atoms with van der Waals surface area (Å²) in [6.45, 7) is 2.09. The molecule has 1 N–H and O–H groups in total. The SMILES string of the molecule is O=C(NC1CCCCC1)C1CCCN(C2CCCc3ccccc32)C1. The molecule has 1 aliphatic heterocycles. The molecule has 3 heteroatoms. The van der Waals surface area contributed by atoms with Gasteiger partial charge in [-0.05, 0) is 62.6 Å². The zero-order chi connectivity index (χ0) is 17.1. The Balaban J connectivity index is 1.40. The van der Waals surface area contributed by atoms with Gasteiger partial charge in [0.15, 0.2) is 0 Å². The summed E-state index contributed by atoms with van der Waals surface area (Å²) in [5, 5.41) is 3.37. The lowest BCUT2D eigenvalue weighted by Crippen LogP contribution is -2.47. The van der Waals surface area contributed by atoms with E-state index in [0.29, 0.717) is 18.0 Å². The van der Waals surface area contributed by atoms with E-state index in [9.17, 15) is 4.79 Å². The lowest BCUT2D eigenvalue weighted by Gasteiger charge is -2.40. The van der Waals surface area contributed by atoms with Gasteiger partial charge in [0.1, 0.15) is 0 Å². The largest absolute Gasteiger partial charge is 0.353 e. The highest BCUT2D eigenvalue weighted by Gasteiger charge is 2.33. The highest BCUT2D eigenvalue weighted by Crippen LogP contribution is 2.36. The summed E-state index contributed by atoms with van der Waals surface area (Å²) in [6.07, 6.45) is 12.2. The van der Waals surface area contributed by atoms with Gasteiger partial charge in [-0.15, -0.1) is 0 Å². The molecule has 4 rings (SSSR count). The van der Waals surface area contributed by atoms with Crippen molar-refractivity contribution in [3.8, 4) is 0 Å². The fourth-order valence-electron chi connectivity index (χ4n) is 5.18. The molecule has 1 aromatic rings. The number of benzene rings is 1. The van der Waals surface area contributed by atoms with Gasteiger partial charge in [-0.3, -0.25) is 9.69 Å². The maximum atomic E-state index is 12.8. The highest BCUT2D eigenvalue weighted by atomic mass is 16.2. The predicted octanol–water partition coefficient (Wildman–Crippen LogP) is 4.22. The number of likely N-dealkylation sites (tertiary alicyclic amines) is 1. The normalized spacial score (nSPS) is 28.3. The molecule has 2 aliphatic carbocycles. The van der Waals surface area contributed by atoms with Crippen molar-refractivity contribution < 1.29 is 4.79 Å². The van der Waals surface area contributed by atoms with Crippen molar-refractivity contribution in [2.24, 2.45) is 5.92 Å². The Labute approximate surface area is 152 Å². The van der Waals surface area contributed by atoms with Crippen LogP contribution in [0.15, 0.2) is 24.3 Å². The summed E-state index contributed by atoms with van der Waals surface area (Å²) in [5.74, 6) is 0.505. The molecule has 1 saturated carbocycles. The summed E-state index contributed by atoms with van der Waals surface area (Å²) in [4.78, 5) is 15.4. The van der Waals surface area contributed by atoms with Gasteiger partial charge in [-0.1, -0.05) is 43.5 Å². The second-order valence-electron chi connectivity index (χ2n) is 8.28. The number of nitrogens with one attached hydrogen (secondary N) is 1. The molecule has 1 amide bonds. The molecular weight excluding hydrogens is 308 g/mol. The second-order valence-corrected chi connectivity index (χ2v) is 8.28. The molecular formula is C22H32N2O. The first-order valence-corrected chi connectivity index (χ1v) is 10.4. The van der Waals surface area contributed by atoms with Crippen LogP contribution in [0.3, 0.4) is 0 Å². The lowest BCUT2D eigenvalue weighted by molar-refractivity contribution is -0.128. The van der Waals surface area contributed by atoms with Gasteiger partial charge in [-0.2, -0.15) is 0 Å². The van der Waals surface area contributed by atoms with Crippen molar-refractivity contribution >= 4 is 5.91 Å². The highest BCUT2D eigenvalue weighted by molar-refractivity contribution is 5.79. The fourth-order valence-corrected chi connectivity index (χ4v) is 5.18. The third-order valence-electron chi connectivity index (χ3n) is 6.55. The maximum absolute atomic E-state index is 12.8. The van der Waals surface area contributed by atoms with Crippen molar-refractivity contribution in [3.63, 3.8) is 0 Å². The summed E-state index contributed by atoms with van der Waals surface area (Å²) in [7, 11) is 0. The minimum Gasteiger partial charge on any atom is -0.353 e. The van der Waals surface area contributed by atoms with Crippen LogP contribution in [-0.2, 0) is 11.2 Å². The topological polar surface area (TPSA) is 32.3 Å². The van der Waals surface area contributed by atoms with Crippen LogP contribution < -0.4 is 5.32 Å². The minimum atomic E-state index is 0.185. The van der Waals surface area contributed by atoms with Crippen molar-refractivity contribution in [1.82, 2.24) is 10.2 Å². The Hall–Kier alpha value is -1.35. The second kappa shape index (κ2) is 7.90. The monoisotopic (exact) mass is 340 g/mol. The quantitative estimate of drug-likeness (QED) is 0.893. The predicted molar refractivity (Wildman–Crippen MR) is 101 cm³/mol. The zero-order valence-corrected chi connectivity index (χ0v) is 15.4. The molecule has 0 bridgehead atoms. The number of nitrogens with zero attached hydrogens (tertiary/aromatic N) is 1. The molecule has 3 aliphatic rings. The van der Waals surface area contributed by atoms with Crippen LogP contribution in [0.25, 0.3) is 0 Å². The number of piperidine rings is 1. The smallest absolute Gasteiger partial charge is 0.224 e. The van der Waals surface area contributed by atoms with Crippen LogP contribution in [0.1, 0.15) is 75.0 Å². The first-order chi connectivity index (χ1) is 12.3. The lowest BCUT2D eigenvalue weighted by atomic mass is 9.85. The van der Waals surface area contributed by atoms with Gasteiger partial charge in [0.05, 0.1) is 5.92 Å². The Morgan fingerprint density at radius 2 is 1.80 bits per heavy atom. The van der Waals surface area contributed by atoms with Crippen LogP contribution in [0.5, 0.6) is 0 Å². The molecule has 2 atom stereocenters. The van der Waals surface area contributed by atoms with Gasteiger partial charge in [0, 0.05) is 18.6 Å². The number of aryl methyl sites for hydroxylation is 1. The van der Waals surface area contributed by atoms with Crippen molar-refractivity contribution in [3.05, 3.63) is 35.4 Å². The molecule has 1 saturated heterocycles. The standard InChI is InChI=1S/C22H32N2O/c25-22(23-19-11-2-1-3-12-19)18-10-7-15-24(16-18)21-14-6-9-17-8-4-5-13-20(17)21/h4-5,8,13,18-19,21H,1-3,6-7,9-12,14-16H2,(H,23,25). The molecule has 3 nitrogen and oxygen atoms in total. The summed E-state index contributed by atoms with van der Waals surface area (Å²) in [6, 6.07) is 9.90. The Morgan fingerprint density at radius 1 is 0.960 bits per heavy atom. The van der Waals surface area contributed by atoms with Crippen LogP contribution in [0.2, 0.25) is 0 Å². The number of carbonyl (C=O) groups excluding carboxylic acids is 1. The zero-order valence-electron chi connectivity index (χ0n) is 15.4. The average molecular weight is 341 g/mol. The average Bonchev–Trinajstić information content (AvgIpc) is 2.68. The fraction of sp³-hybridized carbons (Fsp3) is 0.682. The Bertz CT molecular complexity index is 593. The van der Waals surface area contributed by atoms with Gasteiger partial charge >= 0.3 is 0 Å². The Kier molecular flexibility index (Phi) is 5.40. The molecule has 1 heterocycles. The van der Waals surface area contributed by atoms with Crippen molar-refractivity contribution in [1.29, 1.82) is 0 Å². The third-order valence-corrected chi connectivity index (χ3v) is 6.55. The first kappa shape index (κ1) is 17.1. The number of hydrogen-bond donors (Lipinski definition) is 1. The summed E-state index contributed by atoms with van der Waals surface area (Å²) in [5.41, 5.74) is 3.04. The molecule has 0 spiro atoms. The van der Waals surface area contributed by atoms with Crippen LogP contribution in [0, 0.1) is 5.92 Å². The molecule has 0 radical (unpaired) electrons. The number of hydrogen-bond acceptors (Lipinski definition) is 2. The van der Waals surface area contributed by atoms with Crippen molar-refractivity contribution in [2.45, 2.75) is 76.3 Å². The van der Waals surface area contributed by atoms with Crippen molar-refractivity contribution in [2.75, 3.05) is 13.1 Å². The van der Waals surface area contributed by atoms with Gasteiger partial charge in [-0.25, -0.2) is 0 Å². The van der Waals surface area contributed by atoms with Gasteiger partial charge in [0.25, 0.3) is 0 Å². The van der Waals surface area contributed by atoms with Gasteiger partial charge < -0.3 is 5.32 Å². The first-order valence-electron chi connectivity index (χ1n) is 10.4. The molecule has 2 fully saturated rings. The minimum absolute atomic E-state index is 0.185.